The third-order valence-electron chi connectivity index (χ3n) is 3.62. The van der Waals surface area contributed by atoms with Crippen molar-refractivity contribution in [2.75, 3.05) is 19.6 Å². The number of phenolic OH excluding ortho intramolecular Hbond substituents is 1. The molecule has 1 fully saturated rings. The average molecular weight is 233 g/mol. The van der Waals surface area contributed by atoms with E-state index in [-0.39, 0.29) is 11.5 Å². The number of hydrogen-bond acceptors (Lipinski definition) is 3. The number of phenols is 1. The fourth-order valence-corrected chi connectivity index (χ4v) is 2.32. The number of ketones is 1. The van der Waals surface area contributed by atoms with Crippen LogP contribution in [0.15, 0.2) is 24.3 Å². The van der Waals surface area contributed by atoms with E-state index in [0.29, 0.717) is 23.9 Å². The fourth-order valence-electron chi connectivity index (χ4n) is 2.32. The Hall–Kier alpha value is -1.35. The van der Waals surface area contributed by atoms with E-state index in [1.165, 1.54) is 0 Å². The van der Waals surface area contributed by atoms with E-state index in [9.17, 15) is 9.90 Å². The van der Waals surface area contributed by atoms with Gasteiger partial charge in [-0.2, -0.15) is 0 Å². The van der Waals surface area contributed by atoms with Gasteiger partial charge in [0, 0.05) is 18.7 Å². The van der Waals surface area contributed by atoms with Crippen LogP contribution in [0.2, 0.25) is 0 Å². The molecule has 1 heterocycles. The highest BCUT2D eigenvalue weighted by molar-refractivity contribution is 5.97. The molecular formula is C14H19NO2. The van der Waals surface area contributed by atoms with Gasteiger partial charge in [-0.05, 0) is 36.1 Å². The smallest absolute Gasteiger partial charge is 0.176 e. The van der Waals surface area contributed by atoms with Gasteiger partial charge in [0.25, 0.3) is 0 Å². The minimum atomic E-state index is 0.131. The summed E-state index contributed by atoms with van der Waals surface area (Å²) in [6, 6.07) is 6.48. The van der Waals surface area contributed by atoms with Gasteiger partial charge < -0.3 is 5.11 Å². The molecule has 0 saturated carbocycles. The standard InChI is InChI=1S/C14H19NO2/c1-10-7-15(8-11(10)2)9-14(17)12-3-5-13(16)6-4-12/h3-6,10-11,16H,7-9H2,1-2H3. The Labute approximate surface area is 102 Å². The molecule has 3 heteroatoms. The van der Waals surface area contributed by atoms with Gasteiger partial charge in [0.15, 0.2) is 5.78 Å². The largest absolute Gasteiger partial charge is 0.508 e. The van der Waals surface area contributed by atoms with E-state index in [1.807, 2.05) is 0 Å². The van der Waals surface area contributed by atoms with E-state index in [0.717, 1.165) is 13.1 Å². The SMILES string of the molecule is CC1CN(CC(=O)c2ccc(O)cc2)CC1C. The van der Waals surface area contributed by atoms with Crippen LogP contribution in [-0.2, 0) is 0 Å². The molecule has 0 bridgehead atoms. The van der Waals surface area contributed by atoms with Crippen molar-refractivity contribution in [3.63, 3.8) is 0 Å². The number of aromatic hydroxyl groups is 1. The zero-order valence-electron chi connectivity index (χ0n) is 10.4. The van der Waals surface area contributed by atoms with Crippen LogP contribution in [0, 0.1) is 11.8 Å². The summed E-state index contributed by atoms with van der Waals surface area (Å²) in [5.74, 6) is 1.67. The molecule has 0 aliphatic carbocycles. The molecule has 92 valence electrons. The molecule has 3 nitrogen and oxygen atoms in total. The van der Waals surface area contributed by atoms with E-state index < -0.39 is 0 Å². The first-order chi connectivity index (χ1) is 8.06. The Balaban J connectivity index is 1.96. The molecule has 2 rings (SSSR count). The Morgan fingerprint density at radius 1 is 1.24 bits per heavy atom. The molecular weight excluding hydrogens is 214 g/mol. The van der Waals surface area contributed by atoms with Crippen molar-refractivity contribution in [3.05, 3.63) is 29.8 Å². The molecule has 2 unspecified atom stereocenters. The van der Waals surface area contributed by atoms with Gasteiger partial charge in [0.05, 0.1) is 6.54 Å². The van der Waals surface area contributed by atoms with Gasteiger partial charge in [-0.25, -0.2) is 0 Å². The van der Waals surface area contributed by atoms with Gasteiger partial charge in [-0.1, -0.05) is 13.8 Å². The molecule has 1 aliphatic heterocycles. The molecule has 1 saturated heterocycles. The monoisotopic (exact) mass is 233 g/mol. The summed E-state index contributed by atoms with van der Waals surface area (Å²) in [7, 11) is 0. The number of nitrogens with zero attached hydrogens (tertiary/aromatic N) is 1. The number of carbonyl (C=O) groups is 1. The number of rotatable bonds is 3. The number of likely N-dealkylation sites (tertiary alicyclic amines) is 1. The molecule has 0 radical (unpaired) electrons. The second kappa shape index (κ2) is 4.88. The quantitative estimate of drug-likeness (QED) is 0.813. The molecule has 0 amide bonds. The third kappa shape index (κ3) is 2.86. The lowest BCUT2D eigenvalue weighted by Crippen LogP contribution is -2.27. The lowest BCUT2D eigenvalue weighted by Gasteiger charge is -2.14. The van der Waals surface area contributed by atoms with Crippen LogP contribution in [0.3, 0.4) is 0 Å². The van der Waals surface area contributed by atoms with Crippen molar-refractivity contribution in [1.82, 2.24) is 4.90 Å². The summed E-state index contributed by atoms with van der Waals surface area (Å²) in [6.07, 6.45) is 0. The van der Waals surface area contributed by atoms with E-state index in [4.69, 9.17) is 0 Å². The highest BCUT2D eigenvalue weighted by Crippen LogP contribution is 2.22. The zero-order valence-corrected chi connectivity index (χ0v) is 10.4. The van der Waals surface area contributed by atoms with Crippen molar-refractivity contribution >= 4 is 5.78 Å². The number of hydrogen-bond donors (Lipinski definition) is 1. The molecule has 1 N–H and O–H groups in total. The first-order valence-corrected chi connectivity index (χ1v) is 6.11. The Morgan fingerprint density at radius 3 is 2.29 bits per heavy atom. The van der Waals surface area contributed by atoms with Crippen molar-refractivity contribution in [1.29, 1.82) is 0 Å². The van der Waals surface area contributed by atoms with Crippen LogP contribution in [0.25, 0.3) is 0 Å². The van der Waals surface area contributed by atoms with Crippen LogP contribution in [0.5, 0.6) is 5.75 Å². The van der Waals surface area contributed by atoms with Gasteiger partial charge >= 0.3 is 0 Å². The number of Topliss-reactive ketones (excluding diaryl/α,β-unsaturated/α-hetero) is 1. The maximum atomic E-state index is 12.0. The lowest BCUT2D eigenvalue weighted by molar-refractivity contribution is 0.0942. The highest BCUT2D eigenvalue weighted by atomic mass is 16.3. The second-order valence-electron chi connectivity index (χ2n) is 5.12. The topological polar surface area (TPSA) is 40.5 Å². The first-order valence-electron chi connectivity index (χ1n) is 6.11. The molecule has 17 heavy (non-hydrogen) atoms. The molecule has 2 atom stereocenters. The Kier molecular flexibility index (Phi) is 3.48. The summed E-state index contributed by atoms with van der Waals surface area (Å²) in [5.41, 5.74) is 0.676. The van der Waals surface area contributed by atoms with Crippen molar-refractivity contribution in [2.45, 2.75) is 13.8 Å². The minimum Gasteiger partial charge on any atom is -0.508 e. The summed E-state index contributed by atoms with van der Waals surface area (Å²) >= 11 is 0. The van der Waals surface area contributed by atoms with Crippen LogP contribution in [0.4, 0.5) is 0 Å². The maximum absolute atomic E-state index is 12.0. The van der Waals surface area contributed by atoms with Gasteiger partial charge in [-0.15, -0.1) is 0 Å². The summed E-state index contributed by atoms with van der Waals surface area (Å²) < 4.78 is 0. The molecule has 1 aliphatic rings. The Morgan fingerprint density at radius 2 is 1.76 bits per heavy atom. The Bertz CT molecular complexity index is 389. The van der Waals surface area contributed by atoms with Gasteiger partial charge in [-0.3, -0.25) is 9.69 Å². The minimum absolute atomic E-state index is 0.131. The molecule has 0 aromatic heterocycles. The van der Waals surface area contributed by atoms with Crippen LogP contribution in [-0.4, -0.2) is 35.4 Å². The molecule has 1 aromatic rings. The van der Waals surface area contributed by atoms with Gasteiger partial charge in [0.2, 0.25) is 0 Å². The summed E-state index contributed by atoms with van der Waals surface area (Å²) in [5, 5.41) is 9.17. The van der Waals surface area contributed by atoms with E-state index in [2.05, 4.69) is 18.7 Å². The maximum Gasteiger partial charge on any atom is 0.176 e. The van der Waals surface area contributed by atoms with Crippen LogP contribution < -0.4 is 0 Å². The van der Waals surface area contributed by atoms with E-state index >= 15 is 0 Å². The van der Waals surface area contributed by atoms with Crippen molar-refractivity contribution < 1.29 is 9.90 Å². The second-order valence-corrected chi connectivity index (χ2v) is 5.12. The highest BCUT2D eigenvalue weighted by Gasteiger charge is 2.27. The fraction of sp³-hybridized carbons (Fsp3) is 0.500. The van der Waals surface area contributed by atoms with E-state index in [1.54, 1.807) is 24.3 Å². The van der Waals surface area contributed by atoms with Crippen LogP contribution >= 0.6 is 0 Å². The predicted molar refractivity (Wildman–Crippen MR) is 67.2 cm³/mol. The average Bonchev–Trinajstić information content (AvgIpc) is 2.58. The number of benzene rings is 1. The first kappa shape index (κ1) is 12.1. The summed E-state index contributed by atoms with van der Waals surface area (Å²) in [4.78, 5) is 14.2. The van der Waals surface area contributed by atoms with Crippen molar-refractivity contribution in [3.8, 4) is 5.75 Å². The summed E-state index contributed by atoms with van der Waals surface area (Å²) in [6.45, 7) is 6.96. The van der Waals surface area contributed by atoms with Crippen LogP contribution in [0.1, 0.15) is 24.2 Å². The normalized spacial score (nSPS) is 25.1. The lowest BCUT2D eigenvalue weighted by atomic mass is 10.0. The molecule has 0 spiro atoms. The number of carbonyl (C=O) groups excluding carboxylic acids is 1. The van der Waals surface area contributed by atoms with Gasteiger partial charge in [0.1, 0.15) is 5.75 Å². The molecule has 1 aromatic carbocycles. The predicted octanol–water partition coefficient (Wildman–Crippen LogP) is 2.16. The third-order valence-corrected chi connectivity index (χ3v) is 3.62. The zero-order chi connectivity index (χ0) is 12.4. The van der Waals surface area contributed by atoms with Crippen molar-refractivity contribution in [2.24, 2.45) is 11.8 Å².